The predicted molar refractivity (Wildman–Crippen MR) is 107 cm³/mol. The Morgan fingerprint density at radius 1 is 1.00 bits per heavy atom. The number of carbonyl (C=O) groups excluding carboxylic acids is 2. The summed E-state index contributed by atoms with van der Waals surface area (Å²) >= 11 is 12.2. The highest BCUT2D eigenvalue weighted by atomic mass is 35.5. The zero-order valence-corrected chi connectivity index (χ0v) is 16.6. The third-order valence-corrected chi connectivity index (χ3v) is 4.89. The Balaban J connectivity index is 2.13. The minimum atomic E-state index is -0.737. The van der Waals surface area contributed by atoms with Crippen molar-refractivity contribution in [2.75, 3.05) is 18.4 Å². The average Bonchev–Trinajstić information content (AvgIpc) is 2.63. The first-order valence-electron chi connectivity index (χ1n) is 8.36. The number of carbonyl (C=O) groups is 2. The molecule has 2 aromatic carbocycles. The zero-order chi connectivity index (χ0) is 19.3. The summed E-state index contributed by atoms with van der Waals surface area (Å²) < 4.78 is 0. The largest absolute Gasteiger partial charge is 0.333 e. The summed E-state index contributed by atoms with van der Waals surface area (Å²) in [5.41, 5.74) is 0.518. The Morgan fingerprint density at radius 2 is 1.58 bits per heavy atom. The average molecular weight is 393 g/mol. The maximum atomic E-state index is 13.0. The molecular weight excluding hydrogens is 371 g/mol. The number of benzene rings is 2. The van der Waals surface area contributed by atoms with Crippen LogP contribution in [0.2, 0.25) is 10.0 Å². The molecule has 0 unspecified atom stereocenters. The number of anilines is 1. The molecular formula is C20H22Cl2N2O2. The molecule has 1 N–H and O–H groups in total. The number of rotatable bonds is 6. The third-order valence-electron chi connectivity index (χ3n) is 4.26. The maximum absolute atomic E-state index is 13.0. The lowest BCUT2D eigenvalue weighted by molar-refractivity contribution is -0.138. The van der Waals surface area contributed by atoms with Gasteiger partial charge in [0, 0.05) is 6.54 Å². The van der Waals surface area contributed by atoms with Gasteiger partial charge in [0.15, 0.2) is 0 Å². The summed E-state index contributed by atoms with van der Waals surface area (Å²) in [4.78, 5) is 27.0. The molecule has 26 heavy (non-hydrogen) atoms. The predicted octanol–water partition coefficient (Wildman–Crippen LogP) is 4.76. The van der Waals surface area contributed by atoms with Gasteiger partial charge in [-0.05, 0) is 38.5 Å². The summed E-state index contributed by atoms with van der Waals surface area (Å²) in [7, 11) is 0. The second kappa shape index (κ2) is 8.56. The highest BCUT2D eigenvalue weighted by Gasteiger charge is 2.33. The van der Waals surface area contributed by atoms with Crippen LogP contribution in [-0.2, 0) is 15.0 Å². The molecule has 2 aromatic rings. The van der Waals surface area contributed by atoms with Crippen LogP contribution < -0.4 is 5.32 Å². The van der Waals surface area contributed by atoms with Crippen LogP contribution in [0.3, 0.4) is 0 Å². The van der Waals surface area contributed by atoms with Gasteiger partial charge in [-0.15, -0.1) is 0 Å². The molecule has 138 valence electrons. The fourth-order valence-electron chi connectivity index (χ4n) is 2.67. The van der Waals surface area contributed by atoms with Crippen LogP contribution in [-0.4, -0.2) is 29.8 Å². The van der Waals surface area contributed by atoms with Gasteiger partial charge in [0.2, 0.25) is 11.8 Å². The minimum Gasteiger partial charge on any atom is -0.333 e. The standard InChI is InChI=1S/C20H22Cl2N2O2/c1-4-24(19(26)20(2,3)14-9-6-5-7-10-14)13-17(25)23-18-15(21)11-8-12-16(18)22/h5-12H,4,13H2,1-3H3,(H,23,25). The molecule has 0 saturated heterocycles. The molecule has 4 nitrogen and oxygen atoms in total. The van der Waals surface area contributed by atoms with Gasteiger partial charge < -0.3 is 10.2 Å². The van der Waals surface area contributed by atoms with E-state index in [-0.39, 0.29) is 18.4 Å². The Kier molecular flexibility index (Phi) is 6.68. The number of hydrogen-bond donors (Lipinski definition) is 1. The van der Waals surface area contributed by atoms with Gasteiger partial charge in [-0.25, -0.2) is 0 Å². The van der Waals surface area contributed by atoms with Crippen LogP contribution >= 0.6 is 23.2 Å². The van der Waals surface area contributed by atoms with Crippen LogP contribution in [0.1, 0.15) is 26.3 Å². The Morgan fingerprint density at radius 3 is 2.12 bits per heavy atom. The zero-order valence-electron chi connectivity index (χ0n) is 15.1. The van der Waals surface area contributed by atoms with Crippen molar-refractivity contribution in [3.63, 3.8) is 0 Å². The van der Waals surface area contributed by atoms with E-state index in [4.69, 9.17) is 23.2 Å². The molecule has 0 aromatic heterocycles. The Bertz CT molecular complexity index is 771. The molecule has 0 saturated carbocycles. The molecule has 0 spiro atoms. The molecule has 0 fully saturated rings. The Labute approximate surface area is 164 Å². The summed E-state index contributed by atoms with van der Waals surface area (Å²) in [5, 5.41) is 3.40. The van der Waals surface area contributed by atoms with Crippen molar-refractivity contribution < 1.29 is 9.59 Å². The van der Waals surface area contributed by atoms with Crippen molar-refractivity contribution in [3.8, 4) is 0 Å². The van der Waals surface area contributed by atoms with Crippen LogP contribution in [0.5, 0.6) is 0 Å². The van der Waals surface area contributed by atoms with E-state index in [1.54, 1.807) is 18.2 Å². The molecule has 0 bridgehead atoms. The molecule has 0 atom stereocenters. The molecule has 2 rings (SSSR count). The van der Waals surface area contributed by atoms with E-state index in [2.05, 4.69) is 5.32 Å². The summed E-state index contributed by atoms with van der Waals surface area (Å²) in [5.74, 6) is -0.467. The van der Waals surface area contributed by atoms with E-state index in [0.29, 0.717) is 22.3 Å². The van der Waals surface area contributed by atoms with Gasteiger partial charge in [-0.3, -0.25) is 9.59 Å². The lowest BCUT2D eigenvalue weighted by Crippen LogP contribution is -2.46. The summed E-state index contributed by atoms with van der Waals surface area (Å²) in [6.45, 7) is 5.90. The number of amides is 2. The molecule has 0 radical (unpaired) electrons. The number of nitrogens with one attached hydrogen (secondary N) is 1. The number of nitrogens with zero attached hydrogens (tertiary/aromatic N) is 1. The maximum Gasteiger partial charge on any atom is 0.244 e. The normalized spacial score (nSPS) is 11.1. The van der Waals surface area contributed by atoms with Gasteiger partial charge in [0.25, 0.3) is 0 Å². The van der Waals surface area contributed by atoms with Crippen molar-refractivity contribution >= 4 is 40.7 Å². The van der Waals surface area contributed by atoms with Crippen molar-refractivity contribution in [2.24, 2.45) is 0 Å². The van der Waals surface area contributed by atoms with Gasteiger partial charge in [-0.1, -0.05) is 59.6 Å². The van der Waals surface area contributed by atoms with Crippen LogP contribution in [0.25, 0.3) is 0 Å². The van der Waals surface area contributed by atoms with Gasteiger partial charge in [0.1, 0.15) is 0 Å². The van der Waals surface area contributed by atoms with Gasteiger partial charge in [0.05, 0.1) is 27.7 Å². The molecule has 6 heteroatoms. The smallest absolute Gasteiger partial charge is 0.244 e. The SMILES string of the molecule is CCN(CC(=O)Nc1c(Cl)cccc1Cl)C(=O)C(C)(C)c1ccccc1. The first kappa shape index (κ1) is 20.3. The van der Waals surface area contributed by atoms with E-state index in [0.717, 1.165) is 5.56 Å². The first-order valence-corrected chi connectivity index (χ1v) is 9.11. The topological polar surface area (TPSA) is 49.4 Å². The lowest BCUT2D eigenvalue weighted by Gasteiger charge is -2.31. The first-order chi connectivity index (χ1) is 12.3. The minimum absolute atomic E-state index is 0.0762. The second-order valence-corrected chi connectivity index (χ2v) is 7.27. The number of likely N-dealkylation sites (N-methyl/N-ethyl adjacent to an activating group) is 1. The van der Waals surface area contributed by atoms with Crippen LogP contribution in [0.4, 0.5) is 5.69 Å². The van der Waals surface area contributed by atoms with E-state index >= 15 is 0 Å². The summed E-state index contributed by atoms with van der Waals surface area (Å²) in [6.07, 6.45) is 0. The van der Waals surface area contributed by atoms with Gasteiger partial charge in [-0.2, -0.15) is 0 Å². The number of halogens is 2. The second-order valence-electron chi connectivity index (χ2n) is 6.46. The summed E-state index contributed by atoms with van der Waals surface area (Å²) in [6, 6.07) is 14.5. The lowest BCUT2D eigenvalue weighted by atomic mass is 9.83. The van der Waals surface area contributed by atoms with Crippen LogP contribution in [0, 0.1) is 0 Å². The fourth-order valence-corrected chi connectivity index (χ4v) is 3.16. The van der Waals surface area contributed by atoms with Gasteiger partial charge >= 0.3 is 0 Å². The van der Waals surface area contributed by atoms with E-state index < -0.39 is 5.41 Å². The van der Waals surface area contributed by atoms with E-state index in [1.165, 1.54) is 4.90 Å². The highest BCUT2D eigenvalue weighted by molar-refractivity contribution is 6.39. The number of hydrogen-bond acceptors (Lipinski definition) is 2. The third kappa shape index (κ3) is 4.57. The Hall–Kier alpha value is -2.04. The molecule has 0 heterocycles. The van der Waals surface area contributed by atoms with Crippen LogP contribution in [0.15, 0.2) is 48.5 Å². The van der Waals surface area contributed by atoms with Crippen molar-refractivity contribution in [1.82, 2.24) is 4.90 Å². The monoisotopic (exact) mass is 392 g/mol. The van der Waals surface area contributed by atoms with Crippen molar-refractivity contribution in [3.05, 3.63) is 64.1 Å². The molecule has 0 aliphatic rings. The van der Waals surface area contributed by atoms with Crippen molar-refractivity contribution in [2.45, 2.75) is 26.2 Å². The quantitative estimate of drug-likeness (QED) is 0.770. The highest BCUT2D eigenvalue weighted by Crippen LogP contribution is 2.30. The fraction of sp³-hybridized carbons (Fsp3) is 0.300. The van der Waals surface area contributed by atoms with E-state index in [1.807, 2.05) is 51.1 Å². The van der Waals surface area contributed by atoms with E-state index in [9.17, 15) is 9.59 Å². The number of para-hydroxylation sites is 1. The van der Waals surface area contributed by atoms with Crippen molar-refractivity contribution in [1.29, 1.82) is 0 Å². The molecule has 0 aliphatic carbocycles. The molecule has 2 amide bonds. The molecule has 0 aliphatic heterocycles.